The zero-order valence-corrected chi connectivity index (χ0v) is 12.7. The van der Waals surface area contributed by atoms with Crippen molar-refractivity contribution in [2.75, 3.05) is 32.0 Å². The third-order valence-electron chi connectivity index (χ3n) is 3.85. The van der Waals surface area contributed by atoms with Crippen molar-refractivity contribution in [3.8, 4) is 0 Å². The molecule has 2 aliphatic heterocycles. The molecule has 2 fully saturated rings. The van der Waals surface area contributed by atoms with Crippen molar-refractivity contribution in [2.45, 2.75) is 18.6 Å². The number of ether oxygens (including phenoxy) is 2. The third kappa shape index (κ3) is 2.55. The number of carbonyl (C=O) groups excluding carboxylic acids is 1. The van der Waals surface area contributed by atoms with Crippen LogP contribution in [0.1, 0.15) is 23.2 Å². The number of piperidine rings is 1. The number of anilines is 1. The molecular weight excluding hydrogens is 324 g/mol. The summed E-state index contributed by atoms with van der Waals surface area (Å²) >= 11 is 3.40. The van der Waals surface area contributed by atoms with Gasteiger partial charge in [0.15, 0.2) is 5.79 Å². The van der Waals surface area contributed by atoms with E-state index in [9.17, 15) is 4.79 Å². The molecule has 1 spiro atoms. The van der Waals surface area contributed by atoms with E-state index in [0.717, 1.165) is 17.3 Å². The van der Waals surface area contributed by atoms with Crippen LogP contribution in [0.15, 0.2) is 22.7 Å². The summed E-state index contributed by atoms with van der Waals surface area (Å²) < 4.78 is 12.1. The fourth-order valence-electron chi connectivity index (χ4n) is 2.71. The Hall–Kier alpha value is -1.11. The molecule has 2 N–H and O–H groups in total. The molecule has 3 rings (SSSR count). The number of benzene rings is 1. The number of amides is 1. The highest BCUT2D eigenvalue weighted by atomic mass is 79.9. The summed E-state index contributed by atoms with van der Waals surface area (Å²) in [7, 11) is 0. The predicted octanol–water partition coefficient (Wildman–Crippen LogP) is 2.01. The zero-order valence-electron chi connectivity index (χ0n) is 11.1. The molecule has 1 amide bonds. The summed E-state index contributed by atoms with van der Waals surface area (Å²) in [5, 5.41) is 0. The van der Waals surface area contributed by atoms with Crippen LogP contribution in [0.2, 0.25) is 0 Å². The average Bonchev–Trinajstić information content (AvgIpc) is 2.90. The molecule has 0 aliphatic carbocycles. The number of nitrogen functional groups attached to an aromatic ring is 1. The highest BCUT2D eigenvalue weighted by Crippen LogP contribution is 2.32. The van der Waals surface area contributed by atoms with Crippen molar-refractivity contribution >= 4 is 27.5 Å². The summed E-state index contributed by atoms with van der Waals surface area (Å²) in [6.45, 7) is 2.57. The van der Waals surface area contributed by atoms with Gasteiger partial charge >= 0.3 is 0 Å². The topological polar surface area (TPSA) is 64.8 Å². The van der Waals surface area contributed by atoms with Crippen LogP contribution in [0.25, 0.3) is 0 Å². The van der Waals surface area contributed by atoms with Gasteiger partial charge in [-0.25, -0.2) is 0 Å². The second kappa shape index (κ2) is 5.35. The largest absolute Gasteiger partial charge is 0.399 e. The van der Waals surface area contributed by atoms with Gasteiger partial charge in [0, 0.05) is 36.1 Å². The number of halogens is 1. The van der Waals surface area contributed by atoms with E-state index in [4.69, 9.17) is 15.2 Å². The van der Waals surface area contributed by atoms with Crippen molar-refractivity contribution in [2.24, 2.45) is 0 Å². The van der Waals surface area contributed by atoms with Crippen molar-refractivity contribution in [1.82, 2.24) is 4.90 Å². The fourth-order valence-corrected chi connectivity index (χ4v) is 3.13. The van der Waals surface area contributed by atoms with E-state index in [1.807, 2.05) is 4.90 Å². The van der Waals surface area contributed by atoms with Gasteiger partial charge in [0.2, 0.25) is 0 Å². The summed E-state index contributed by atoms with van der Waals surface area (Å²) in [4.78, 5) is 14.4. The Balaban J connectivity index is 1.71. The molecule has 0 bridgehead atoms. The lowest BCUT2D eigenvalue weighted by atomic mass is 10.0. The van der Waals surface area contributed by atoms with Gasteiger partial charge in [-0.1, -0.05) is 0 Å². The molecule has 6 heteroatoms. The number of carbonyl (C=O) groups is 1. The zero-order chi connectivity index (χ0) is 14.2. The SMILES string of the molecule is Nc1ccc(Br)c(C(=O)N2CCC3(CC2)OCCO3)c1. The second-order valence-electron chi connectivity index (χ2n) is 5.14. The van der Waals surface area contributed by atoms with Crippen LogP contribution < -0.4 is 5.73 Å². The first kappa shape index (κ1) is 13.9. The normalized spacial score (nSPS) is 21.4. The minimum Gasteiger partial charge on any atom is -0.399 e. The molecule has 108 valence electrons. The van der Waals surface area contributed by atoms with Crippen LogP contribution in [-0.2, 0) is 9.47 Å². The Morgan fingerprint density at radius 1 is 1.25 bits per heavy atom. The highest BCUT2D eigenvalue weighted by molar-refractivity contribution is 9.10. The first-order valence-corrected chi connectivity index (χ1v) is 7.51. The lowest BCUT2D eigenvalue weighted by molar-refractivity contribution is -0.181. The molecule has 5 nitrogen and oxygen atoms in total. The number of hydrogen-bond donors (Lipinski definition) is 1. The lowest BCUT2D eigenvalue weighted by Gasteiger charge is -2.37. The van der Waals surface area contributed by atoms with Gasteiger partial charge in [-0.3, -0.25) is 4.79 Å². The minimum atomic E-state index is -0.455. The highest BCUT2D eigenvalue weighted by Gasteiger charge is 2.41. The number of hydrogen-bond acceptors (Lipinski definition) is 4. The molecule has 20 heavy (non-hydrogen) atoms. The van der Waals surface area contributed by atoms with Crippen LogP contribution in [-0.4, -0.2) is 42.9 Å². The Kier molecular flexibility index (Phi) is 3.70. The first-order chi connectivity index (χ1) is 9.60. The van der Waals surface area contributed by atoms with E-state index in [1.54, 1.807) is 18.2 Å². The van der Waals surface area contributed by atoms with E-state index in [1.165, 1.54) is 0 Å². The van der Waals surface area contributed by atoms with E-state index in [2.05, 4.69) is 15.9 Å². The Bertz CT molecular complexity index is 519. The molecule has 1 aromatic carbocycles. The molecule has 0 saturated carbocycles. The van der Waals surface area contributed by atoms with Crippen molar-refractivity contribution in [3.63, 3.8) is 0 Å². The summed E-state index contributed by atoms with van der Waals surface area (Å²) in [6, 6.07) is 5.28. The van der Waals surface area contributed by atoms with Crippen LogP contribution in [0.4, 0.5) is 5.69 Å². The van der Waals surface area contributed by atoms with Crippen molar-refractivity contribution in [1.29, 1.82) is 0 Å². The molecule has 2 heterocycles. The van der Waals surface area contributed by atoms with Crippen LogP contribution in [0, 0.1) is 0 Å². The molecule has 2 saturated heterocycles. The summed E-state index contributed by atoms with van der Waals surface area (Å²) in [5.41, 5.74) is 6.95. The Morgan fingerprint density at radius 2 is 1.90 bits per heavy atom. The monoisotopic (exact) mass is 340 g/mol. The van der Waals surface area contributed by atoms with Crippen LogP contribution >= 0.6 is 15.9 Å². The molecule has 0 aromatic heterocycles. The summed E-state index contributed by atoms with van der Waals surface area (Å²) in [5.74, 6) is -0.457. The molecule has 2 aliphatic rings. The maximum absolute atomic E-state index is 12.5. The molecular formula is C14H17BrN2O3. The fraction of sp³-hybridized carbons (Fsp3) is 0.500. The number of rotatable bonds is 1. The van der Waals surface area contributed by atoms with Gasteiger partial charge in [-0.15, -0.1) is 0 Å². The maximum atomic E-state index is 12.5. The van der Waals surface area contributed by atoms with Crippen molar-refractivity contribution < 1.29 is 14.3 Å². The van der Waals surface area contributed by atoms with Gasteiger partial charge in [0.05, 0.1) is 18.8 Å². The lowest BCUT2D eigenvalue weighted by Crippen LogP contribution is -2.47. The van der Waals surface area contributed by atoms with Gasteiger partial charge in [-0.2, -0.15) is 0 Å². The minimum absolute atomic E-state index is 0.00276. The standard InChI is InChI=1S/C14H17BrN2O3/c15-12-2-1-10(16)9-11(12)13(18)17-5-3-14(4-6-17)19-7-8-20-14/h1-2,9H,3-8,16H2. The number of nitrogens with zero attached hydrogens (tertiary/aromatic N) is 1. The summed E-state index contributed by atoms with van der Waals surface area (Å²) in [6.07, 6.45) is 1.44. The number of likely N-dealkylation sites (tertiary alicyclic amines) is 1. The Morgan fingerprint density at radius 3 is 2.55 bits per heavy atom. The van der Waals surface area contributed by atoms with Gasteiger partial charge < -0.3 is 20.1 Å². The maximum Gasteiger partial charge on any atom is 0.255 e. The van der Waals surface area contributed by atoms with E-state index >= 15 is 0 Å². The smallest absolute Gasteiger partial charge is 0.255 e. The average molecular weight is 341 g/mol. The Labute approximate surface area is 126 Å². The number of nitrogens with two attached hydrogens (primary N) is 1. The van der Waals surface area contributed by atoms with Crippen LogP contribution in [0.5, 0.6) is 0 Å². The molecule has 1 aromatic rings. The van der Waals surface area contributed by atoms with E-state index < -0.39 is 5.79 Å². The third-order valence-corrected chi connectivity index (χ3v) is 4.54. The van der Waals surface area contributed by atoms with Crippen molar-refractivity contribution in [3.05, 3.63) is 28.2 Å². The van der Waals surface area contributed by atoms with E-state index in [0.29, 0.717) is 37.6 Å². The second-order valence-corrected chi connectivity index (χ2v) is 5.99. The molecule has 0 radical (unpaired) electrons. The quantitative estimate of drug-likeness (QED) is 0.794. The van der Waals surface area contributed by atoms with Gasteiger partial charge in [0.1, 0.15) is 0 Å². The van der Waals surface area contributed by atoms with Gasteiger partial charge in [-0.05, 0) is 34.1 Å². The first-order valence-electron chi connectivity index (χ1n) is 6.72. The van der Waals surface area contributed by atoms with Gasteiger partial charge in [0.25, 0.3) is 5.91 Å². The van der Waals surface area contributed by atoms with E-state index in [-0.39, 0.29) is 5.91 Å². The van der Waals surface area contributed by atoms with Crippen LogP contribution in [0.3, 0.4) is 0 Å². The molecule has 0 unspecified atom stereocenters. The predicted molar refractivity (Wildman–Crippen MR) is 78.3 cm³/mol. The molecule has 0 atom stereocenters.